The fourth-order valence-corrected chi connectivity index (χ4v) is 2.97. The van der Waals surface area contributed by atoms with Gasteiger partial charge in [0.05, 0.1) is 32.8 Å². The first kappa shape index (κ1) is 19.6. The number of nitrogens with zero attached hydrogens (tertiary/aromatic N) is 3. The molecule has 0 aliphatic carbocycles. The number of methoxy groups -OCH3 is 1. The monoisotopic (exact) mass is 351 g/mol. The van der Waals surface area contributed by atoms with Crippen molar-refractivity contribution in [3.8, 4) is 0 Å². The number of imidazole rings is 1. The molecule has 0 radical (unpaired) electrons. The Kier molecular flexibility index (Phi) is 8.65. The van der Waals surface area contributed by atoms with E-state index < -0.39 is 0 Å². The van der Waals surface area contributed by atoms with Gasteiger partial charge in [-0.1, -0.05) is 6.08 Å². The van der Waals surface area contributed by atoms with E-state index in [0.29, 0.717) is 45.5 Å². The summed E-state index contributed by atoms with van der Waals surface area (Å²) in [6.45, 7) is 7.70. The Bertz CT molecular complexity index is 524. The first-order valence-corrected chi connectivity index (χ1v) is 8.80. The first-order chi connectivity index (χ1) is 12.3. The molecule has 1 saturated heterocycles. The van der Waals surface area contributed by atoms with Crippen molar-refractivity contribution in [3.63, 3.8) is 0 Å². The molecule has 140 valence electrons. The highest BCUT2D eigenvalue weighted by Gasteiger charge is 2.26. The van der Waals surface area contributed by atoms with Gasteiger partial charge in [0.25, 0.3) is 0 Å². The van der Waals surface area contributed by atoms with Crippen LogP contribution in [0, 0.1) is 0 Å². The summed E-state index contributed by atoms with van der Waals surface area (Å²) < 4.78 is 17.9. The van der Waals surface area contributed by atoms with E-state index in [1.54, 1.807) is 13.2 Å². The zero-order valence-corrected chi connectivity index (χ0v) is 15.1. The van der Waals surface area contributed by atoms with E-state index in [-0.39, 0.29) is 5.91 Å². The molecule has 7 heteroatoms. The summed E-state index contributed by atoms with van der Waals surface area (Å²) in [5.41, 5.74) is 0. The molecule has 1 amide bonds. The summed E-state index contributed by atoms with van der Waals surface area (Å²) >= 11 is 0. The number of ether oxygens (including phenoxy) is 3. The Morgan fingerprint density at radius 3 is 2.84 bits per heavy atom. The Labute approximate surface area is 149 Å². The minimum atomic E-state index is 0.161. The number of carbonyl (C=O) groups excluding carboxylic acids is 1. The predicted molar refractivity (Wildman–Crippen MR) is 94.2 cm³/mol. The smallest absolute Gasteiger partial charge is 0.224 e. The molecule has 25 heavy (non-hydrogen) atoms. The van der Waals surface area contributed by atoms with Crippen LogP contribution in [-0.4, -0.2) is 67.0 Å². The normalized spacial score (nSPS) is 15.5. The van der Waals surface area contributed by atoms with Gasteiger partial charge in [-0.25, -0.2) is 4.98 Å². The van der Waals surface area contributed by atoms with Crippen molar-refractivity contribution in [3.05, 3.63) is 30.9 Å². The highest BCUT2D eigenvalue weighted by atomic mass is 16.5. The lowest BCUT2D eigenvalue weighted by molar-refractivity contribution is -0.133. The average Bonchev–Trinajstić information content (AvgIpc) is 3.11. The zero-order valence-electron chi connectivity index (χ0n) is 15.1. The predicted octanol–water partition coefficient (Wildman–Crippen LogP) is 1.80. The molecule has 0 bridgehead atoms. The Hall–Kier alpha value is -1.70. The average molecular weight is 351 g/mol. The standard InChI is InChI=1S/C18H29N3O4/c1-3-11-24-12-6-17(22)20-8-4-16(5-9-20)18-19-7-10-21(18)15-25-14-13-23-2/h3,7,10,16H,1,4-6,8-9,11-15H2,2H3. The van der Waals surface area contributed by atoms with Crippen LogP contribution in [0.4, 0.5) is 0 Å². The van der Waals surface area contributed by atoms with E-state index in [2.05, 4.69) is 11.6 Å². The third-order valence-electron chi connectivity index (χ3n) is 4.32. The molecule has 0 unspecified atom stereocenters. The number of hydrogen-bond acceptors (Lipinski definition) is 5. The molecule has 7 nitrogen and oxygen atoms in total. The molecule has 1 aromatic rings. The van der Waals surface area contributed by atoms with Crippen molar-refractivity contribution in [1.82, 2.24) is 14.5 Å². The molecule has 0 atom stereocenters. The van der Waals surface area contributed by atoms with Gasteiger partial charge in [0.1, 0.15) is 12.6 Å². The van der Waals surface area contributed by atoms with Crippen LogP contribution in [-0.2, 0) is 25.7 Å². The van der Waals surface area contributed by atoms with Crippen molar-refractivity contribution >= 4 is 5.91 Å². The van der Waals surface area contributed by atoms with E-state index in [1.165, 1.54) is 0 Å². The van der Waals surface area contributed by atoms with Crippen molar-refractivity contribution < 1.29 is 19.0 Å². The maximum absolute atomic E-state index is 12.2. The summed E-state index contributed by atoms with van der Waals surface area (Å²) in [5, 5.41) is 0. The Morgan fingerprint density at radius 2 is 2.12 bits per heavy atom. The van der Waals surface area contributed by atoms with E-state index in [9.17, 15) is 4.79 Å². The minimum absolute atomic E-state index is 0.161. The van der Waals surface area contributed by atoms with Gasteiger partial charge in [0, 0.05) is 38.5 Å². The summed E-state index contributed by atoms with van der Waals surface area (Å²) in [5.74, 6) is 1.56. The quantitative estimate of drug-likeness (QED) is 0.449. The van der Waals surface area contributed by atoms with Crippen molar-refractivity contribution in [1.29, 1.82) is 0 Å². The van der Waals surface area contributed by atoms with Crippen LogP contribution in [0.5, 0.6) is 0 Å². The highest BCUT2D eigenvalue weighted by Crippen LogP contribution is 2.27. The largest absolute Gasteiger partial charge is 0.382 e. The molecule has 0 spiro atoms. The number of piperidine rings is 1. The molecule has 0 saturated carbocycles. The molecule has 1 aromatic heterocycles. The van der Waals surface area contributed by atoms with Crippen LogP contribution in [0.25, 0.3) is 0 Å². The summed E-state index contributed by atoms with van der Waals surface area (Å²) in [4.78, 5) is 18.6. The second-order valence-corrected chi connectivity index (χ2v) is 6.05. The fraction of sp³-hybridized carbons (Fsp3) is 0.667. The SMILES string of the molecule is C=CCOCCC(=O)N1CCC(c2nccn2COCCOC)CC1. The fourth-order valence-electron chi connectivity index (χ4n) is 2.97. The first-order valence-electron chi connectivity index (χ1n) is 8.80. The molecular formula is C18H29N3O4. The van der Waals surface area contributed by atoms with Crippen LogP contribution in [0.1, 0.15) is 31.0 Å². The molecule has 0 aromatic carbocycles. The molecule has 1 aliphatic heterocycles. The molecule has 1 aliphatic rings. The molecule has 1 fully saturated rings. The summed E-state index contributed by atoms with van der Waals surface area (Å²) in [6.07, 6.45) is 7.72. The number of rotatable bonds is 11. The van der Waals surface area contributed by atoms with E-state index in [1.807, 2.05) is 21.9 Å². The lowest BCUT2D eigenvalue weighted by atomic mass is 9.95. The van der Waals surface area contributed by atoms with Crippen LogP contribution in [0.2, 0.25) is 0 Å². The molecule has 2 rings (SSSR count). The maximum Gasteiger partial charge on any atom is 0.224 e. The van der Waals surface area contributed by atoms with Crippen molar-refractivity contribution in [2.24, 2.45) is 0 Å². The van der Waals surface area contributed by atoms with Crippen LogP contribution >= 0.6 is 0 Å². The highest BCUT2D eigenvalue weighted by molar-refractivity contribution is 5.76. The molecule has 0 N–H and O–H groups in total. The third kappa shape index (κ3) is 6.26. The minimum Gasteiger partial charge on any atom is -0.382 e. The second-order valence-electron chi connectivity index (χ2n) is 6.05. The summed E-state index contributed by atoms with van der Waals surface area (Å²) in [7, 11) is 1.66. The van der Waals surface area contributed by atoms with E-state index >= 15 is 0 Å². The summed E-state index contributed by atoms with van der Waals surface area (Å²) in [6, 6.07) is 0. The van der Waals surface area contributed by atoms with Crippen LogP contribution in [0.3, 0.4) is 0 Å². The van der Waals surface area contributed by atoms with Gasteiger partial charge < -0.3 is 23.7 Å². The second kappa shape index (κ2) is 11.0. The van der Waals surface area contributed by atoms with E-state index in [0.717, 1.165) is 31.8 Å². The Balaban J connectivity index is 1.75. The van der Waals surface area contributed by atoms with Gasteiger partial charge in [-0.2, -0.15) is 0 Å². The topological polar surface area (TPSA) is 65.8 Å². The number of likely N-dealkylation sites (tertiary alicyclic amines) is 1. The van der Waals surface area contributed by atoms with Gasteiger partial charge in [-0.15, -0.1) is 6.58 Å². The lowest BCUT2D eigenvalue weighted by Gasteiger charge is -2.32. The van der Waals surface area contributed by atoms with E-state index in [4.69, 9.17) is 14.2 Å². The Morgan fingerprint density at radius 1 is 1.32 bits per heavy atom. The number of aromatic nitrogens is 2. The van der Waals surface area contributed by atoms with Crippen molar-refractivity contribution in [2.75, 3.05) is 46.6 Å². The van der Waals surface area contributed by atoms with Gasteiger partial charge in [-0.3, -0.25) is 4.79 Å². The van der Waals surface area contributed by atoms with Crippen LogP contribution in [0.15, 0.2) is 25.0 Å². The zero-order chi connectivity index (χ0) is 17.9. The van der Waals surface area contributed by atoms with Gasteiger partial charge in [0.2, 0.25) is 5.91 Å². The number of amides is 1. The van der Waals surface area contributed by atoms with Gasteiger partial charge in [0.15, 0.2) is 0 Å². The number of carbonyl (C=O) groups is 1. The molecular weight excluding hydrogens is 322 g/mol. The number of hydrogen-bond donors (Lipinski definition) is 0. The van der Waals surface area contributed by atoms with Crippen molar-refractivity contribution in [2.45, 2.75) is 31.9 Å². The van der Waals surface area contributed by atoms with Gasteiger partial charge in [-0.05, 0) is 12.8 Å². The third-order valence-corrected chi connectivity index (χ3v) is 4.32. The molecule has 2 heterocycles. The lowest BCUT2D eigenvalue weighted by Crippen LogP contribution is -2.38. The van der Waals surface area contributed by atoms with Crippen LogP contribution < -0.4 is 0 Å². The maximum atomic E-state index is 12.2. The van der Waals surface area contributed by atoms with Gasteiger partial charge >= 0.3 is 0 Å².